The summed E-state index contributed by atoms with van der Waals surface area (Å²) in [5.41, 5.74) is 1.68. The molecule has 0 atom stereocenters. The number of hydrogen-bond donors (Lipinski definition) is 0. The fourth-order valence-electron chi connectivity index (χ4n) is 6.90. The van der Waals surface area contributed by atoms with Crippen molar-refractivity contribution in [1.29, 1.82) is 0 Å². The van der Waals surface area contributed by atoms with Crippen molar-refractivity contribution < 1.29 is 44.8 Å². The van der Waals surface area contributed by atoms with Crippen LogP contribution in [0.4, 0.5) is 0 Å². The Morgan fingerprint density at radius 1 is 0.310 bits per heavy atom. The first-order valence-corrected chi connectivity index (χ1v) is 21.6. The van der Waals surface area contributed by atoms with Crippen LogP contribution in [0.25, 0.3) is 21.5 Å². The molecular weight excluding hydrogens is 926 g/mol. The maximum atomic E-state index is 7.08. The maximum absolute atomic E-state index is 7.08. The van der Waals surface area contributed by atoms with Crippen molar-refractivity contribution in [3.63, 3.8) is 0 Å². The molecule has 286 valence electrons. The second-order valence-corrected chi connectivity index (χ2v) is 18.0. The molecule has 4 heteroatoms. The Balaban J connectivity index is 0.000000201. The Bertz CT molecular complexity index is 2530. The summed E-state index contributed by atoms with van der Waals surface area (Å²) in [6.07, 6.45) is 14.0. The van der Waals surface area contributed by atoms with Crippen LogP contribution in [0.15, 0.2) is 231 Å². The molecule has 9 aromatic rings. The zero-order valence-electron chi connectivity index (χ0n) is 31.5. The molecule has 0 aliphatic carbocycles. The van der Waals surface area contributed by atoms with E-state index < -0.39 is 15.8 Å². The van der Waals surface area contributed by atoms with Crippen molar-refractivity contribution in [3.05, 3.63) is 254 Å². The van der Waals surface area contributed by atoms with Gasteiger partial charge in [-0.3, -0.25) is 11.8 Å². The molecule has 0 saturated heterocycles. The van der Waals surface area contributed by atoms with Crippen LogP contribution in [0, 0.1) is 24.7 Å². The van der Waals surface area contributed by atoms with Gasteiger partial charge in [-0.15, -0.1) is 29.3 Å². The predicted octanol–water partition coefficient (Wildman–Crippen LogP) is 10.2. The van der Waals surface area contributed by atoms with Crippen molar-refractivity contribution in [2.45, 2.75) is 0 Å². The number of rotatable bonds is 6. The van der Waals surface area contributed by atoms with E-state index in [2.05, 4.69) is 164 Å². The van der Waals surface area contributed by atoms with Gasteiger partial charge in [0.05, 0.1) is 0 Å². The molecule has 9 aromatic carbocycles. The molecule has 0 heterocycles. The van der Waals surface area contributed by atoms with E-state index >= 15 is 0 Å². The number of benzene rings is 9. The minimum Gasteiger partial charge on any atom is -0.366 e. The molecule has 0 saturated carbocycles. The number of hydrogen-bond acceptors (Lipinski definition) is 0. The Kier molecular flexibility index (Phi) is 17.3. The molecule has 0 radical (unpaired) electrons. The van der Waals surface area contributed by atoms with Crippen molar-refractivity contribution >= 4 is 69.2 Å². The van der Waals surface area contributed by atoms with E-state index in [1.807, 2.05) is 78.9 Å². The molecule has 0 spiro atoms. The summed E-state index contributed by atoms with van der Waals surface area (Å²) in [5.74, 6) is 4.79. The predicted molar refractivity (Wildman–Crippen MR) is 247 cm³/mol. The van der Waals surface area contributed by atoms with E-state index in [1.54, 1.807) is 0 Å². The molecule has 0 aliphatic rings. The first kappa shape index (κ1) is 44.1. The SMILES string of the molecule is [Ag+].[Ag+].[C-]#Cc1ccc2ccccc2c1.[C-]#Cc1cccc2ccccc12.c1ccc([PH+](c2ccccc2)c2ccccc2[PH+](c2ccccc2)c2ccccc2)cc1. The standard InChI is InChI=1S/C30H24P2.2C12H7.2Ag/c1-5-15-25(16-6-1)31(26-17-7-2-8-18-26)29-23-13-14-24-30(29)32(27-19-9-3-10-20-27)28-21-11-4-12-22-28;1-2-10-7-5-8-11-6-3-4-9-12(10)11;1-2-10-7-8-11-5-3-4-6-12(11)9-10;;/h1-24H;2*3-9H;;/q;2*-1;2*+1/p+2. The van der Waals surface area contributed by atoms with E-state index in [4.69, 9.17) is 12.8 Å². The average molecular weight is 967 g/mol. The van der Waals surface area contributed by atoms with Gasteiger partial charge >= 0.3 is 44.8 Å². The van der Waals surface area contributed by atoms with Gasteiger partial charge in [0.25, 0.3) is 0 Å². The summed E-state index contributed by atoms with van der Waals surface area (Å²) in [7, 11) is -2.28. The fourth-order valence-corrected chi connectivity index (χ4v) is 12.9. The molecule has 9 rings (SSSR count). The summed E-state index contributed by atoms with van der Waals surface area (Å²) in [5, 5.41) is 13.3. The van der Waals surface area contributed by atoms with Gasteiger partial charge in [-0.05, 0) is 76.8 Å². The van der Waals surface area contributed by atoms with Crippen LogP contribution in [-0.2, 0) is 44.8 Å². The van der Waals surface area contributed by atoms with Crippen LogP contribution in [0.2, 0.25) is 0 Å². The smallest absolute Gasteiger partial charge is 0.366 e. The van der Waals surface area contributed by atoms with Gasteiger partial charge in [0.1, 0.15) is 47.7 Å². The van der Waals surface area contributed by atoms with Crippen LogP contribution in [0.1, 0.15) is 11.1 Å². The van der Waals surface area contributed by atoms with Crippen LogP contribution >= 0.6 is 15.8 Å². The Morgan fingerprint density at radius 2 is 0.690 bits per heavy atom. The van der Waals surface area contributed by atoms with Gasteiger partial charge in [-0.1, -0.05) is 157 Å². The van der Waals surface area contributed by atoms with Crippen molar-refractivity contribution in [2.24, 2.45) is 0 Å². The van der Waals surface area contributed by atoms with Crippen LogP contribution in [-0.4, -0.2) is 0 Å². The average Bonchev–Trinajstić information content (AvgIpc) is 3.28. The number of fused-ring (bicyclic) bond motifs is 2. The molecular formula is C54H40Ag2P2+2. The van der Waals surface area contributed by atoms with Crippen LogP contribution in [0.3, 0.4) is 0 Å². The summed E-state index contributed by atoms with van der Waals surface area (Å²) in [6.45, 7) is 0. The summed E-state index contributed by atoms with van der Waals surface area (Å²) >= 11 is 0. The van der Waals surface area contributed by atoms with Gasteiger partial charge in [0, 0.05) is 0 Å². The Labute approximate surface area is 377 Å². The second kappa shape index (κ2) is 22.8. The van der Waals surface area contributed by atoms with E-state index in [1.165, 1.54) is 37.2 Å². The molecule has 0 nitrogen and oxygen atoms in total. The first-order valence-electron chi connectivity index (χ1n) is 18.6. The minimum absolute atomic E-state index is 0. The summed E-state index contributed by atoms with van der Waals surface area (Å²) < 4.78 is 0. The normalized spacial score (nSPS) is 10.1. The van der Waals surface area contributed by atoms with Crippen molar-refractivity contribution in [2.75, 3.05) is 0 Å². The summed E-state index contributed by atoms with van der Waals surface area (Å²) in [6, 6.07) is 81.3. The molecule has 0 aliphatic heterocycles. The van der Waals surface area contributed by atoms with E-state index in [0.717, 1.165) is 27.3 Å². The van der Waals surface area contributed by atoms with Crippen molar-refractivity contribution in [3.8, 4) is 11.8 Å². The maximum Gasteiger partial charge on any atom is 1.00 e. The monoisotopic (exact) mass is 964 g/mol. The van der Waals surface area contributed by atoms with Crippen LogP contribution < -0.4 is 31.8 Å². The van der Waals surface area contributed by atoms with Crippen LogP contribution in [0.5, 0.6) is 0 Å². The Hall–Kier alpha value is -5.04. The zero-order valence-corrected chi connectivity index (χ0v) is 36.5. The molecule has 58 heavy (non-hydrogen) atoms. The first-order chi connectivity index (χ1) is 27.7. The van der Waals surface area contributed by atoms with Gasteiger partial charge < -0.3 is 12.8 Å². The van der Waals surface area contributed by atoms with Gasteiger partial charge in [-0.2, -0.15) is 0 Å². The molecule has 0 aromatic heterocycles. The fraction of sp³-hybridized carbons (Fsp3) is 0. The largest absolute Gasteiger partial charge is 1.00 e. The van der Waals surface area contributed by atoms with E-state index in [-0.39, 0.29) is 44.8 Å². The molecule has 0 unspecified atom stereocenters. The van der Waals surface area contributed by atoms with Crippen molar-refractivity contribution in [1.82, 2.24) is 0 Å². The minimum atomic E-state index is -1.14. The molecule has 0 fully saturated rings. The topological polar surface area (TPSA) is 0 Å². The molecule has 0 N–H and O–H groups in total. The molecule has 0 amide bonds. The van der Waals surface area contributed by atoms with Gasteiger partial charge in [0.15, 0.2) is 0 Å². The quantitative estimate of drug-likeness (QED) is 0.0674. The van der Waals surface area contributed by atoms with Gasteiger partial charge in [-0.25, -0.2) is 0 Å². The Morgan fingerprint density at radius 3 is 1.14 bits per heavy atom. The molecule has 0 bridgehead atoms. The second-order valence-electron chi connectivity index (χ2n) is 13.1. The van der Waals surface area contributed by atoms with E-state index in [0.29, 0.717) is 0 Å². The summed E-state index contributed by atoms with van der Waals surface area (Å²) in [4.78, 5) is 0. The third-order valence-electron chi connectivity index (χ3n) is 9.53. The zero-order chi connectivity index (χ0) is 38.4. The van der Waals surface area contributed by atoms with Gasteiger partial charge in [0.2, 0.25) is 0 Å². The third-order valence-corrected chi connectivity index (χ3v) is 15.4. The third kappa shape index (κ3) is 11.1. The van der Waals surface area contributed by atoms with E-state index in [9.17, 15) is 0 Å².